The highest BCUT2D eigenvalue weighted by molar-refractivity contribution is 5.99. The van der Waals surface area contributed by atoms with Crippen LogP contribution in [-0.4, -0.2) is 95.1 Å². The molecule has 16 heteroatoms. The standard InChI is InChI=1S/C46H53F2N7O7/c1-7-26(4)39(53-45(60)62-6)43(58)55-20-10-14-37(55)41(56)50-30-12-8-11-27(21-30)28-15-17-31-32-18-16-29(23-34(32)46(47,48)33(31)22-28)35-24-49-40(51-35)36-13-9-19-54(36)42(57)38(25(2)3)52-44(59)61-5/h8,11-12,15-18,21-26,36-39H,7,9-10,13-14,19-20H2,1-6H3,(H,49,51)(H,50,56)(H,52,59)(H,53,60)/t26?,36?,37-,38?,39?/m0/s1. The Labute approximate surface area is 359 Å². The number of fused-ring (bicyclic) bond motifs is 3. The zero-order valence-corrected chi connectivity index (χ0v) is 35.7. The minimum Gasteiger partial charge on any atom is -0.453 e. The summed E-state index contributed by atoms with van der Waals surface area (Å²) in [7, 11) is 2.47. The first-order valence-electron chi connectivity index (χ1n) is 21.1. The summed E-state index contributed by atoms with van der Waals surface area (Å²) in [5.74, 6) is -4.17. The third-order valence-corrected chi connectivity index (χ3v) is 12.4. The van der Waals surface area contributed by atoms with Gasteiger partial charge in [0, 0.05) is 35.5 Å². The van der Waals surface area contributed by atoms with Crippen LogP contribution in [0, 0.1) is 11.8 Å². The molecule has 62 heavy (non-hydrogen) atoms. The lowest BCUT2D eigenvalue weighted by Gasteiger charge is -2.31. The first-order chi connectivity index (χ1) is 29.7. The molecule has 328 valence electrons. The third kappa shape index (κ3) is 8.46. The van der Waals surface area contributed by atoms with Crippen LogP contribution >= 0.6 is 0 Å². The summed E-state index contributed by atoms with van der Waals surface area (Å²) < 4.78 is 42.5. The zero-order valence-electron chi connectivity index (χ0n) is 35.7. The molecule has 0 radical (unpaired) electrons. The van der Waals surface area contributed by atoms with E-state index in [2.05, 4.69) is 25.9 Å². The van der Waals surface area contributed by atoms with Gasteiger partial charge in [-0.2, -0.15) is 8.78 Å². The van der Waals surface area contributed by atoms with Crippen LogP contribution in [0.1, 0.15) is 82.8 Å². The Bertz CT molecular complexity index is 2370. The molecule has 4 N–H and O–H groups in total. The van der Waals surface area contributed by atoms with Crippen molar-refractivity contribution in [2.45, 2.75) is 89.9 Å². The number of alkyl halides is 2. The number of hydrogen-bond donors (Lipinski definition) is 4. The summed E-state index contributed by atoms with van der Waals surface area (Å²) in [5.41, 5.74) is 3.18. The van der Waals surface area contributed by atoms with Gasteiger partial charge in [0.15, 0.2) is 0 Å². The molecule has 3 aromatic carbocycles. The summed E-state index contributed by atoms with van der Waals surface area (Å²) in [5, 5.41) is 8.19. The van der Waals surface area contributed by atoms with E-state index >= 15 is 8.78 Å². The number of carbonyl (C=O) groups is 5. The van der Waals surface area contributed by atoms with E-state index < -0.39 is 36.2 Å². The summed E-state index contributed by atoms with van der Waals surface area (Å²) in [6, 6.07) is 14.0. The Morgan fingerprint density at radius 3 is 2.06 bits per heavy atom. The van der Waals surface area contributed by atoms with Crippen molar-refractivity contribution in [3.8, 4) is 33.5 Å². The molecular formula is C46H53F2N7O7. The number of methoxy groups -OCH3 is 2. The lowest BCUT2D eigenvalue weighted by molar-refractivity contribution is -0.139. The van der Waals surface area contributed by atoms with Crippen molar-refractivity contribution < 1.29 is 42.2 Å². The second-order valence-corrected chi connectivity index (χ2v) is 16.6. The number of aromatic nitrogens is 2. The lowest BCUT2D eigenvalue weighted by Crippen LogP contribution is -2.54. The Hall–Kier alpha value is -6.32. The second-order valence-electron chi connectivity index (χ2n) is 16.6. The number of nitrogens with zero attached hydrogens (tertiary/aromatic N) is 3. The summed E-state index contributed by atoms with van der Waals surface area (Å²) >= 11 is 0. The number of alkyl carbamates (subject to hydrolysis) is 2. The smallest absolute Gasteiger partial charge is 0.407 e. The van der Waals surface area contributed by atoms with E-state index in [-0.39, 0.29) is 46.7 Å². The number of ether oxygens (including phenoxy) is 2. The molecule has 2 fully saturated rings. The minimum absolute atomic E-state index is 0.140. The van der Waals surface area contributed by atoms with Gasteiger partial charge in [0.05, 0.1) is 32.2 Å². The maximum absolute atomic E-state index is 16.5. The number of carbonyl (C=O) groups excluding carboxylic acids is 5. The fraction of sp³-hybridized carbons (Fsp3) is 0.435. The first-order valence-corrected chi connectivity index (χ1v) is 21.1. The number of H-pyrrole nitrogens is 1. The molecule has 3 heterocycles. The molecule has 14 nitrogen and oxygen atoms in total. The molecular weight excluding hydrogens is 801 g/mol. The molecule has 4 aromatic rings. The number of nitrogens with one attached hydrogen (secondary N) is 4. The number of hydrogen-bond acceptors (Lipinski definition) is 8. The molecule has 0 spiro atoms. The van der Waals surface area contributed by atoms with E-state index in [9.17, 15) is 24.0 Å². The number of benzene rings is 3. The van der Waals surface area contributed by atoms with E-state index in [0.29, 0.717) is 83.8 Å². The molecule has 5 amide bonds. The van der Waals surface area contributed by atoms with Crippen LogP contribution < -0.4 is 16.0 Å². The fourth-order valence-corrected chi connectivity index (χ4v) is 8.77. The van der Waals surface area contributed by atoms with Gasteiger partial charge in [0.25, 0.3) is 5.92 Å². The van der Waals surface area contributed by atoms with Gasteiger partial charge in [-0.3, -0.25) is 14.4 Å². The summed E-state index contributed by atoms with van der Waals surface area (Å²) in [6.45, 7) is 8.29. The monoisotopic (exact) mass is 853 g/mol. The number of imidazole rings is 1. The van der Waals surface area contributed by atoms with Gasteiger partial charge in [-0.05, 0) is 84.0 Å². The van der Waals surface area contributed by atoms with Gasteiger partial charge in [0.1, 0.15) is 23.9 Å². The SMILES string of the molecule is CCC(C)C(NC(=O)OC)C(=O)N1CCC[C@H]1C(=O)Nc1cccc(-c2ccc3c(c2)C(F)(F)c2cc(-c4cnc(C5CCCN5C(=O)C(NC(=O)OC)C(C)C)[nH]4)ccc2-3)c1. The van der Waals surface area contributed by atoms with Gasteiger partial charge in [-0.15, -0.1) is 0 Å². The van der Waals surface area contributed by atoms with Gasteiger partial charge < -0.3 is 40.2 Å². The fourth-order valence-electron chi connectivity index (χ4n) is 8.77. The summed E-state index contributed by atoms with van der Waals surface area (Å²) in [6.07, 6.45) is 3.24. The largest absolute Gasteiger partial charge is 0.453 e. The average molecular weight is 854 g/mol. The van der Waals surface area contributed by atoms with Crippen molar-refractivity contribution in [3.05, 3.63) is 83.8 Å². The van der Waals surface area contributed by atoms with Crippen LogP contribution in [0.15, 0.2) is 66.9 Å². The van der Waals surface area contributed by atoms with Crippen molar-refractivity contribution in [1.82, 2.24) is 30.4 Å². The van der Waals surface area contributed by atoms with E-state index in [4.69, 9.17) is 9.47 Å². The van der Waals surface area contributed by atoms with E-state index in [1.165, 1.54) is 31.3 Å². The maximum Gasteiger partial charge on any atom is 0.407 e. The number of amides is 5. The van der Waals surface area contributed by atoms with Crippen LogP contribution in [0.3, 0.4) is 0 Å². The molecule has 1 aromatic heterocycles. The zero-order chi connectivity index (χ0) is 44.5. The molecule has 0 bridgehead atoms. The van der Waals surface area contributed by atoms with Crippen LogP contribution in [0.4, 0.5) is 24.1 Å². The normalized spacial score (nSPS) is 19.0. The number of likely N-dealkylation sites (tertiary alicyclic amines) is 2. The topological polar surface area (TPSA) is 175 Å². The highest BCUT2D eigenvalue weighted by Crippen LogP contribution is 2.53. The van der Waals surface area contributed by atoms with Gasteiger partial charge in [-0.1, -0.05) is 70.5 Å². The Morgan fingerprint density at radius 1 is 0.806 bits per heavy atom. The molecule has 4 unspecified atom stereocenters. The minimum atomic E-state index is -3.33. The van der Waals surface area contributed by atoms with Crippen LogP contribution in [0.2, 0.25) is 0 Å². The van der Waals surface area contributed by atoms with Crippen LogP contribution in [0.5, 0.6) is 0 Å². The van der Waals surface area contributed by atoms with Crippen molar-refractivity contribution >= 4 is 35.6 Å². The van der Waals surface area contributed by atoms with Gasteiger partial charge >= 0.3 is 12.2 Å². The number of halogens is 2. The average Bonchev–Trinajstić information content (AvgIpc) is 4.10. The quantitative estimate of drug-likeness (QED) is 0.113. The van der Waals surface area contributed by atoms with E-state index in [0.717, 1.165) is 6.42 Å². The molecule has 3 aliphatic rings. The first kappa shape index (κ1) is 43.8. The maximum atomic E-state index is 16.5. The molecule has 1 aliphatic carbocycles. The highest BCUT2D eigenvalue weighted by atomic mass is 19.3. The lowest BCUT2D eigenvalue weighted by atomic mass is 9.97. The van der Waals surface area contributed by atoms with Gasteiger partial charge in [-0.25, -0.2) is 14.6 Å². The van der Waals surface area contributed by atoms with E-state index in [1.807, 2.05) is 27.7 Å². The van der Waals surface area contributed by atoms with Crippen molar-refractivity contribution in [2.24, 2.45) is 11.8 Å². The Kier molecular flexibility index (Phi) is 12.7. The molecule has 7 rings (SSSR count). The van der Waals surface area contributed by atoms with Gasteiger partial charge in [0.2, 0.25) is 17.7 Å². The molecule has 2 saturated heterocycles. The Morgan fingerprint density at radius 2 is 1.40 bits per heavy atom. The summed E-state index contributed by atoms with van der Waals surface area (Å²) in [4.78, 5) is 76.1. The third-order valence-electron chi connectivity index (χ3n) is 12.4. The van der Waals surface area contributed by atoms with Crippen LogP contribution in [0.25, 0.3) is 33.5 Å². The molecule has 5 atom stereocenters. The predicted octanol–water partition coefficient (Wildman–Crippen LogP) is 7.61. The predicted molar refractivity (Wildman–Crippen MR) is 228 cm³/mol. The number of aromatic amines is 1. The van der Waals surface area contributed by atoms with Crippen molar-refractivity contribution in [3.63, 3.8) is 0 Å². The molecule has 0 saturated carbocycles. The number of rotatable bonds is 12. The van der Waals surface area contributed by atoms with E-state index in [1.54, 1.807) is 59.6 Å². The number of anilines is 1. The second kappa shape index (κ2) is 18.0. The van der Waals surface area contributed by atoms with Crippen molar-refractivity contribution in [1.29, 1.82) is 0 Å². The van der Waals surface area contributed by atoms with Crippen molar-refractivity contribution in [2.75, 3.05) is 32.6 Å². The Balaban J connectivity index is 1.07. The van der Waals surface area contributed by atoms with Crippen LogP contribution in [-0.2, 0) is 29.8 Å². The molecule has 2 aliphatic heterocycles. The highest BCUT2D eigenvalue weighted by Gasteiger charge is 2.45.